The summed E-state index contributed by atoms with van der Waals surface area (Å²) in [4.78, 5) is 72.8. The first-order chi connectivity index (χ1) is 46.4. The van der Waals surface area contributed by atoms with Gasteiger partial charge in [-0.3, -0.25) is 37.3 Å². The Morgan fingerprint density at radius 1 is 0.302 bits per heavy atom. The molecular weight excluding hydrogens is 1260 g/mol. The highest BCUT2D eigenvalue weighted by molar-refractivity contribution is 7.47. The topological polar surface area (TPSA) is 237 Å². The van der Waals surface area contributed by atoms with Gasteiger partial charge in [0.15, 0.2) is 12.2 Å². The fraction of sp³-hybridized carbons (Fsp3) is 0.948. The van der Waals surface area contributed by atoms with Crippen LogP contribution in [0.15, 0.2) is 0 Å². The molecule has 3 unspecified atom stereocenters. The summed E-state index contributed by atoms with van der Waals surface area (Å²) in [6.07, 6.45) is 57.0. The normalized spacial score (nSPS) is 14.3. The van der Waals surface area contributed by atoms with Crippen molar-refractivity contribution in [3.63, 3.8) is 0 Å². The van der Waals surface area contributed by atoms with Crippen LogP contribution in [-0.4, -0.2) is 96.7 Å². The van der Waals surface area contributed by atoms with Crippen molar-refractivity contribution >= 4 is 39.5 Å². The molecule has 0 saturated heterocycles. The molecule has 19 heteroatoms. The predicted octanol–water partition coefficient (Wildman–Crippen LogP) is 22.7. The van der Waals surface area contributed by atoms with Gasteiger partial charge in [-0.15, -0.1) is 0 Å². The van der Waals surface area contributed by atoms with Crippen molar-refractivity contribution in [1.82, 2.24) is 0 Å². The molecule has 0 bridgehead atoms. The van der Waals surface area contributed by atoms with Crippen LogP contribution in [-0.2, 0) is 65.4 Å². The monoisotopic (exact) mass is 1410 g/mol. The second-order valence-corrected chi connectivity index (χ2v) is 31.4. The molecule has 0 aromatic heterocycles. The molecule has 0 aromatic carbocycles. The molecule has 0 amide bonds. The lowest BCUT2D eigenvalue weighted by Gasteiger charge is -2.21. The van der Waals surface area contributed by atoms with Crippen molar-refractivity contribution in [2.75, 3.05) is 39.6 Å². The lowest BCUT2D eigenvalue weighted by Crippen LogP contribution is -2.30. The van der Waals surface area contributed by atoms with Gasteiger partial charge in [-0.1, -0.05) is 350 Å². The zero-order valence-corrected chi connectivity index (χ0v) is 64.5. The van der Waals surface area contributed by atoms with Gasteiger partial charge in [-0.05, 0) is 37.5 Å². The molecule has 6 atom stereocenters. The van der Waals surface area contributed by atoms with Crippen molar-refractivity contribution < 1.29 is 80.2 Å². The number of carbonyl (C=O) groups is 4. The number of aliphatic hydroxyl groups is 1. The van der Waals surface area contributed by atoms with E-state index in [-0.39, 0.29) is 25.7 Å². The van der Waals surface area contributed by atoms with Crippen LogP contribution in [0.5, 0.6) is 0 Å². The highest BCUT2D eigenvalue weighted by atomic mass is 31.2. The molecule has 0 radical (unpaired) electrons. The quantitative estimate of drug-likeness (QED) is 0.0222. The van der Waals surface area contributed by atoms with Crippen LogP contribution in [0.1, 0.15) is 401 Å². The van der Waals surface area contributed by atoms with Gasteiger partial charge in [0, 0.05) is 25.7 Å². The molecule has 0 aromatic rings. The van der Waals surface area contributed by atoms with E-state index >= 15 is 0 Å². The van der Waals surface area contributed by atoms with Crippen LogP contribution in [0.25, 0.3) is 0 Å². The maximum Gasteiger partial charge on any atom is 0.472 e. The molecule has 0 aliphatic heterocycles. The van der Waals surface area contributed by atoms with E-state index in [2.05, 4.69) is 41.5 Å². The Bertz CT molecular complexity index is 1860. The van der Waals surface area contributed by atoms with E-state index in [4.69, 9.17) is 37.0 Å². The summed E-state index contributed by atoms with van der Waals surface area (Å²) in [5.74, 6) is -0.616. The first-order valence-corrected chi connectivity index (χ1v) is 43.0. The van der Waals surface area contributed by atoms with E-state index < -0.39 is 97.5 Å². The van der Waals surface area contributed by atoms with E-state index in [1.165, 1.54) is 218 Å². The minimum atomic E-state index is -4.96. The van der Waals surface area contributed by atoms with Crippen LogP contribution in [0, 0.1) is 11.8 Å². The number of hydrogen-bond acceptors (Lipinski definition) is 15. The van der Waals surface area contributed by atoms with Crippen molar-refractivity contribution in [3.05, 3.63) is 0 Å². The zero-order valence-electron chi connectivity index (χ0n) is 62.7. The summed E-state index contributed by atoms with van der Waals surface area (Å²) >= 11 is 0. The Balaban J connectivity index is 5.20. The number of aliphatic hydroxyl groups excluding tert-OH is 1. The fourth-order valence-electron chi connectivity index (χ4n) is 11.8. The maximum absolute atomic E-state index is 13.1. The lowest BCUT2D eigenvalue weighted by molar-refractivity contribution is -0.161. The third-order valence-corrected chi connectivity index (χ3v) is 20.2. The number of phosphoric ester groups is 2. The number of carbonyl (C=O) groups excluding carboxylic acids is 4. The second-order valence-electron chi connectivity index (χ2n) is 28.5. The third-order valence-electron chi connectivity index (χ3n) is 18.3. The van der Waals surface area contributed by atoms with E-state index in [0.29, 0.717) is 25.7 Å². The van der Waals surface area contributed by atoms with Gasteiger partial charge in [0.25, 0.3) is 0 Å². The SMILES string of the molecule is CCCCCCCCCCCCCCCCCCCCCCCC(=O)O[C@H](COC(=O)CCCCCCCCCCCCCCC(C)C)COP(=O)(O)OC[C@@H](O)COP(=O)(O)OC[C@@H](COC(=O)CCCCCCCCCCCC)OC(=O)CCCCCCCCC(C)CC. The first-order valence-electron chi connectivity index (χ1n) is 40.0. The molecule has 0 aliphatic rings. The summed E-state index contributed by atoms with van der Waals surface area (Å²) < 4.78 is 68.5. The molecule has 0 aliphatic carbocycles. The number of rotatable bonds is 76. The van der Waals surface area contributed by atoms with E-state index in [1.54, 1.807) is 0 Å². The molecule has 0 heterocycles. The maximum atomic E-state index is 13.1. The number of hydrogen-bond donors (Lipinski definition) is 3. The molecule has 0 saturated carbocycles. The van der Waals surface area contributed by atoms with Crippen LogP contribution < -0.4 is 0 Å². The van der Waals surface area contributed by atoms with E-state index in [1.807, 2.05) is 0 Å². The number of ether oxygens (including phenoxy) is 4. The Morgan fingerprint density at radius 2 is 0.531 bits per heavy atom. The van der Waals surface area contributed by atoms with Crippen LogP contribution in [0.3, 0.4) is 0 Å². The molecular formula is C77H150O17P2. The first kappa shape index (κ1) is 94.1. The number of esters is 4. The molecule has 0 spiro atoms. The summed E-state index contributed by atoms with van der Waals surface area (Å²) in [7, 11) is -9.91. The molecule has 0 fully saturated rings. The highest BCUT2D eigenvalue weighted by Gasteiger charge is 2.30. The Hall–Kier alpha value is -1.94. The standard InChI is InChI=1S/C77H150O17P2/c1-7-10-12-14-16-18-20-21-22-23-24-25-26-27-28-29-34-38-42-49-55-61-76(81)93-72(65-87-75(80)60-54-48-41-37-33-31-30-32-35-39-45-51-57-69(4)5)67-91-95(83,84)89-63-71(78)64-90-96(85,86)92-68-73(94-77(82)62-56-50-44-43-46-52-58-70(6)9-3)66-88-74(79)59-53-47-40-36-19-17-15-13-11-8-2/h69-73,78H,7-68H2,1-6H3,(H,83,84)(H,85,86)/t70?,71-,72-,73-/m1/s1. The molecule has 570 valence electrons. The van der Waals surface area contributed by atoms with Gasteiger partial charge in [0.05, 0.1) is 26.4 Å². The smallest absolute Gasteiger partial charge is 0.462 e. The number of phosphoric acid groups is 2. The van der Waals surface area contributed by atoms with Gasteiger partial charge < -0.3 is 33.8 Å². The Kier molecular flexibility index (Phi) is 67.4. The minimum absolute atomic E-state index is 0.103. The van der Waals surface area contributed by atoms with Crippen molar-refractivity contribution in [1.29, 1.82) is 0 Å². The van der Waals surface area contributed by atoms with Gasteiger partial charge in [-0.2, -0.15) is 0 Å². The van der Waals surface area contributed by atoms with E-state index in [0.717, 1.165) is 102 Å². The van der Waals surface area contributed by atoms with Crippen LogP contribution in [0.4, 0.5) is 0 Å². The van der Waals surface area contributed by atoms with Gasteiger partial charge in [0.1, 0.15) is 19.3 Å². The Labute approximate surface area is 588 Å². The molecule has 0 rings (SSSR count). The summed E-state index contributed by atoms with van der Waals surface area (Å²) in [6.45, 7) is 9.55. The van der Waals surface area contributed by atoms with Crippen molar-refractivity contribution in [3.8, 4) is 0 Å². The second kappa shape index (κ2) is 68.8. The predicted molar refractivity (Wildman–Crippen MR) is 391 cm³/mol. The largest absolute Gasteiger partial charge is 0.472 e. The van der Waals surface area contributed by atoms with Crippen molar-refractivity contribution in [2.24, 2.45) is 11.8 Å². The van der Waals surface area contributed by atoms with E-state index in [9.17, 15) is 43.2 Å². The van der Waals surface area contributed by atoms with Gasteiger partial charge >= 0.3 is 39.5 Å². The van der Waals surface area contributed by atoms with Gasteiger partial charge in [0.2, 0.25) is 0 Å². The zero-order chi connectivity index (χ0) is 70.7. The lowest BCUT2D eigenvalue weighted by atomic mass is 10.00. The summed E-state index contributed by atoms with van der Waals surface area (Å²) in [5.41, 5.74) is 0. The summed E-state index contributed by atoms with van der Waals surface area (Å²) in [5, 5.41) is 10.6. The Morgan fingerprint density at radius 3 is 0.792 bits per heavy atom. The molecule has 3 N–H and O–H groups in total. The summed E-state index contributed by atoms with van der Waals surface area (Å²) in [6, 6.07) is 0. The molecule has 96 heavy (non-hydrogen) atoms. The van der Waals surface area contributed by atoms with Gasteiger partial charge in [-0.25, -0.2) is 9.13 Å². The number of unbranched alkanes of at least 4 members (excludes halogenated alkanes) is 45. The third kappa shape index (κ3) is 69.2. The fourth-order valence-corrected chi connectivity index (χ4v) is 13.4. The van der Waals surface area contributed by atoms with Crippen molar-refractivity contribution in [2.45, 2.75) is 419 Å². The minimum Gasteiger partial charge on any atom is -0.462 e. The van der Waals surface area contributed by atoms with Crippen LogP contribution in [0.2, 0.25) is 0 Å². The average molecular weight is 1410 g/mol. The average Bonchev–Trinajstić information content (AvgIpc) is 1.16. The highest BCUT2D eigenvalue weighted by Crippen LogP contribution is 2.45. The van der Waals surface area contributed by atoms with Crippen LogP contribution >= 0.6 is 15.6 Å². The molecule has 17 nitrogen and oxygen atoms in total.